The standard InChI is InChI=1S/C30H36N2O8S/c1-16-17(2)26-24(18(3)25(16)34)21(32-38-14-23(33)39-29(4,5)6)13-30(7,40-26)15-37-20-10-8-19(9-11-20)12-22-27(35)31-28(36)41-22/h8-11,13,32,34-35H,12,14-15H2,1-7H3,(H,31,36). The number of ether oxygens (including phenoxy) is 3. The second-order valence-corrected chi connectivity index (χ2v) is 12.3. The van der Waals surface area contributed by atoms with E-state index in [1.165, 1.54) is 0 Å². The Labute approximate surface area is 242 Å². The zero-order valence-corrected chi connectivity index (χ0v) is 25.1. The number of thiazole rings is 1. The first-order valence-electron chi connectivity index (χ1n) is 13.1. The fraction of sp³-hybridized carbons (Fsp3) is 0.400. The number of phenolic OH excluding ortho intramolecular Hbond substituents is 1. The van der Waals surface area contributed by atoms with E-state index in [0.717, 1.165) is 22.5 Å². The van der Waals surface area contributed by atoms with Crippen molar-refractivity contribution in [3.63, 3.8) is 0 Å². The van der Waals surface area contributed by atoms with Crippen LogP contribution in [0, 0.1) is 20.8 Å². The summed E-state index contributed by atoms with van der Waals surface area (Å²) in [6, 6.07) is 7.36. The lowest BCUT2D eigenvalue weighted by Gasteiger charge is -2.36. The lowest BCUT2D eigenvalue weighted by atomic mass is 9.90. The van der Waals surface area contributed by atoms with E-state index in [1.807, 2.05) is 45.0 Å². The molecule has 1 aliphatic rings. The van der Waals surface area contributed by atoms with Gasteiger partial charge in [-0.1, -0.05) is 23.5 Å². The SMILES string of the molecule is Cc1c(C)c2c(c(C)c1O)C(NOCC(=O)OC(C)(C)C)=CC(C)(COc1ccc(Cc3sc(=O)[nH]c3O)cc1)O2. The molecule has 0 spiro atoms. The fourth-order valence-corrected chi connectivity index (χ4v) is 5.24. The van der Waals surface area contributed by atoms with Gasteiger partial charge in [0.1, 0.15) is 29.5 Å². The molecule has 4 N–H and O–H groups in total. The lowest BCUT2D eigenvalue weighted by Crippen LogP contribution is -2.41. The van der Waals surface area contributed by atoms with Gasteiger partial charge >= 0.3 is 10.8 Å². The van der Waals surface area contributed by atoms with Gasteiger partial charge in [0.05, 0.1) is 10.6 Å². The topological polar surface area (TPSA) is 139 Å². The van der Waals surface area contributed by atoms with Crippen molar-refractivity contribution in [3.05, 3.63) is 72.7 Å². The number of nitrogens with one attached hydrogen (secondary N) is 2. The van der Waals surface area contributed by atoms with Gasteiger partial charge in [-0.3, -0.25) is 20.1 Å². The molecule has 0 fully saturated rings. The highest BCUT2D eigenvalue weighted by molar-refractivity contribution is 7.09. The van der Waals surface area contributed by atoms with Crippen molar-refractivity contribution in [1.82, 2.24) is 10.5 Å². The van der Waals surface area contributed by atoms with Crippen LogP contribution < -0.4 is 19.8 Å². The summed E-state index contributed by atoms with van der Waals surface area (Å²) in [5.41, 5.74) is 5.45. The Kier molecular flexibility index (Phi) is 8.41. The Morgan fingerprint density at radius 3 is 2.39 bits per heavy atom. The van der Waals surface area contributed by atoms with Gasteiger partial charge in [-0.25, -0.2) is 4.79 Å². The third-order valence-electron chi connectivity index (χ3n) is 6.58. The van der Waals surface area contributed by atoms with Gasteiger partial charge < -0.3 is 24.4 Å². The highest BCUT2D eigenvalue weighted by Gasteiger charge is 2.36. The van der Waals surface area contributed by atoms with Crippen molar-refractivity contribution in [2.45, 2.75) is 66.1 Å². The Hall–Kier alpha value is -3.96. The molecule has 0 saturated carbocycles. The molecule has 41 heavy (non-hydrogen) atoms. The first-order chi connectivity index (χ1) is 19.2. The maximum atomic E-state index is 12.2. The minimum atomic E-state index is -0.937. The Bertz CT molecular complexity index is 1530. The van der Waals surface area contributed by atoms with Crippen molar-refractivity contribution < 1.29 is 34.1 Å². The molecule has 1 unspecified atom stereocenters. The van der Waals surface area contributed by atoms with Crippen LogP contribution >= 0.6 is 11.3 Å². The number of aromatic hydroxyl groups is 2. The average molecular weight is 585 g/mol. The van der Waals surface area contributed by atoms with Crippen LogP contribution in [0.1, 0.15) is 60.4 Å². The second-order valence-electron chi connectivity index (χ2n) is 11.3. The molecule has 3 aromatic rings. The van der Waals surface area contributed by atoms with Crippen LogP contribution in [0.2, 0.25) is 0 Å². The molecule has 11 heteroatoms. The predicted octanol–water partition coefficient (Wildman–Crippen LogP) is 4.80. The minimum absolute atomic E-state index is 0.108. The number of H-pyrrole nitrogens is 1. The first-order valence-corrected chi connectivity index (χ1v) is 13.9. The molecule has 0 saturated heterocycles. The van der Waals surface area contributed by atoms with Gasteiger partial charge in [0.15, 0.2) is 12.2 Å². The number of fused-ring (bicyclic) bond motifs is 1. The van der Waals surface area contributed by atoms with Crippen molar-refractivity contribution in [2.24, 2.45) is 0 Å². The number of phenols is 1. The molecule has 220 valence electrons. The normalized spacial score (nSPS) is 16.4. The number of esters is 1. The number of hydrogen-bond donors (Lipinski definition) is 4. The number of carbonyl (C=O) groups excluding carboxylic acids is 1. The number of carbonyl (C=O) groups is 1. The third kappa shape index (κ3) is 7.04. The monoisotopic (exact) mass is 584 g/mol. The summed E-state index contributed by atoms with van der Waals surface area (Å²) in [6.07, 6.45) is 2.22. The smallest absolute Gasteiger partial charge is 0.335 e. The number of benzene rings is 2. The van der Waals surface area contributed by atoms with E-state index in [-0.39, 0.29) is 29.7 Å². The number of rotatable bonds is 9. The highest BCUT2D eigenvalue weighted by atomic mass is 32.1. The van der Waals surface area contributed by atoms with E-state index in [9.17, 15) is 19.8 Å². The van der Waals surface area contributed by atoms with Crippen molar-refractivity contribution >= 4 is 23.0 Å². The number of aromatic amines is 1. The number of hydrogen-bond acceptors (Lipinski definition) is 10. The predicted molar refractivity (Wildman–Crippen MR) is 156 cm³/mol. The van der Waals surface area contributed by atoms with Crippen LogP contribution in [0.3, 0.4) is 0 Å². The van der Waals surface area contributed by atoms with Gasteiger partial charge in [0.2, 0.25) is 5.88 Å². The van der Waals surface area contributed by atoms with Crippen LogP contribution in [-0.4, -0.2) is 45.6 Å². The molecule has 0 aliphatic carbocycles. The molecule has 1 aliphatic heterocycles. The van der Waals surface area contributed by atoms with Crippen LogP contribution in [0.4, 0.5) is 0 Å². The quantitative estimate of drug-likeness (QED) is 0.206. The molecular weight excluding hydrogens is 548 g/mol. The molecule has 0 radical (unpaired) electrons. The van der Waals surface area contributed by atoms with Gasteiger partial charge in [-0.2, -0.15) is 0 Å². The van der Waals surface area contributed by atoms with Gasteiger partial charge in [-0.15, -0.1) is 0 Å². The Balaban J connectivity index is 1.52. The van der Waals surface area contributed by atoms with Crippen molar-refractivity contribution in [2.75, 3.05) is 13.2 Å². The van der Waals surface area contributed by atoms with Crippen LogP contribution in [0.15, 0.2) is 35.1 Å². The summed E-state index contributed by atoms with van der Waals surface area (Å²) in [7, 11) is 0. The Morgan fingerprint density at radius 1 is 1.10 bits per heavy atom. The number of aromatic nitrogens is 1. The van der Waals surface area contributed by atoms with Crippen LogP contribution in [-0.2, 0) is 20.8 Å². The molecule has 10 nitrogen and oxygen atoms in total. The number of hydroxylamine groups is 1. The summed E-state index contributed by atoms with van der Waals surface area (Å²) in [5.74, 6) is 0.714. The third-order valence-corrected chi connectivity index (χ3v) is 7.45. The van der Waals surface area contributed by atoms with Crippen LogP contribution in [0.5, 0.6) is 23.1 Å². The van der Waals surface area contributed by atoms with E-state index < -0.39 is 17.2 Å². The zero-order chi connectivity index (χ0) is 30.1. The minimum Gasteiger partial charge on any atom is -0.507 e. The molecule has 2 aromatic carbocycles. The Morgan fingerprint density at radius 2 is 1.78 bits per heavy atom. The molecule has 4 rings (SSSR count). The maximum Gasteiger partial charge on any atom is 0.335 e. The van der Waals surface area contributed by atoms with Gasteiger partial charge in [-0.05, 0) is 83.4 Å². The van der Waals surface area contributed by atoms with Crippen molar-refractivity contribution in [3.8, 4) is 23.1 Å². The second kappa shape index (κ2) is 11.5. The molecule has 1 atom stereocenters. The van der Waals surface area contributed by atoms with Gasteiger partial charge in [0.25, 0.3) is 0 Å². The van der Waals surface area contributed by atoms with Crippen molar-refractivity contribution in [1.29, 1.82) is 0 Å². The molecule has 1 aromatic heterocycles. The van der Waals surface area contributed by atoms with E-state index in [2.05, 4.69) is 10.5 Å². The van der Waals surface area contributed by atoms with E-state index in [1.54, 1.807) is 33.8 Å². The highest BCUT2D eigenvalue weighted by Crippen LogP contribution is 2.45. The van der Waals surface area contributed by atoms with E-state index in [0.29, 0.717) is 45.2 Å². The first kappa shape index (κ1) is 30.0. The summed E-state index contributed by atoms with van der Waals surface area (Å²) in [6.45, 7) is 12.5. The zero-order valence-electron chi connectivity index (χ0n) is 24.3. The lowest BCUT2D eigenvalue weighted by molar-refractivity contribution is -0.161. The molecule has 2 heterocycles. The molecular formula is C30H36N2O8S. The van der Waals surface area contributed by atoms with E-state index in [4.69, 9.17) is 19.0 Å². The van der Waals surface area contributed by atoms with Gasteiger partial charge in [0, 0.05) is 17.5 Å². The van der Waals surface area contributed by atoms with E-state index >= 15 is 0 Å². The molecule has 0 bridgehead atoms. The van der Waals surface area contributed by atoms with Crippen LogP contribution in [0.25, 0.3) is 5.70 Å². The summed E-state index contributed by atoms with van der Waals surface area (Å²) in [5, 5.41) is 20.6. The largest absolute Gasteiger partial charge is 0.507 e. The average Bonchev–Trinajstić information content (AvgIpc) is 3.20. The molecule has 0 amide bonds. The maximum absolute atomic E-state index is 12.2. The fourth-order valence-electron chi connectivity index (χ4n) is 4.48. The summed E-state index contributed by atoms with van der Waals surface area (Å²) in [4.78, 5) is 31.8. The summed E-state index contributed by atoms with van der Waals surface area (Å²) < 4.78 is 17.9. The summed E-state index contributed by atoms with van der Waals surface area (Å²) >= 11 is 0.977.